The van der Waals surface area contributed by atoms with E-state index in [1.54, 1.807) is 0 Å². The van der Waals surface area contributed by atoms with E-state index in [9.17, 15) is 0 Å². The van der Waals surface area contributed by atoms with Crippen molar-refractivity contribution in [2.75, 3.05) is 4.90 Å². The number of fused-ring (bicyclic) bond motifs is 16. The number of hydrogen-bond donors (Lipinski definition) is 0. The predicted octanol–water partition coefficient (Wildman–Crippen LogP) is 16.4. The lowest BCUT2D eigenvalue weighted by Gasteiger charge is -2.32. The molecule has 61 heavy (non-hydrogen) atoms. The summed E-state index contributed by atoms with van der Waals surface area (Å²) in [5.74, 6) is 0. The third-order valence-electron chi connectivity index (χ3n) is 13.3. The van der Waals surface area contributed by atoms with E-state index in [1.165, 1.54) is 97.7 Å². The summed E-state index contributed by atoms with van der Waals surface area (Å²) < 4.78 is 0. The molecule has 1 aromatic heterocycles. The molecular weight excluding hydrogens is 755 g/mol. The summed E-state index contributed by atoms with van der Waals surface area (Å²) in [5.41, 5.74) is 16.0. The Kier molecular flexibility index (Phi) is 7.46. The van der Waals surface area contributed by atoms with E-state index >= 15 is 0 Å². The summed E-state index contributed by atoms with van der Waals surface area (Å²) in [4.78, 5) is 5.02. The molecule has 2 heteroatoms. The van der Waals surface area contributed by atoms with Crippen LogP contribution in [-0.4, -0.2) is 0 Å². The van der Waals surface area contributed by atoms with Gasteiger partial charge in [0, 0.05) is 26.7 Å². The van der Waals surface area contributed by atoms with Gasteiger partial charge in [-0.2, -0.15) is 0 Å². The first kappa shape index (κ1) is 34.4. The van der Waals surface area contributed by atoms with Crippen LogP contribution in [-0.2, 0) is 5.41 Å². The number of rotatable bonds is 5. The van der Waals surface area contributed by atoms with Gasteiger partial charge in [0.25, 0.3) is 0 Å². The van der Waals surface area contributed by atoms with Crippen molar-refractivity contribution in [3.05, 3.63) is 247 Å². The summed E-state index contributed by atoms with van der Waals surface area (Å²) in [7, 11) is 0. The van der Waals surface area contributed by atoms with Crippen LogP contribution < -0.4 is 4.90 Å². The van der Waals surface area contributed by atoms with Gasteiger partial charge in [-0.3, -0.25) is 0 Å². The molecule has 0 saturated heterocycles. The van der Waals surface area contributed by atoms with Crippen LogP contribution in [0.4, 0.5) is 17.1 Å². The van der Waals surface area contributed by atoms with Crippen molar-refractivity contribution in [1.29, 1.82) is 0 Å². The number of para-hydroxylation sites is 1. The van der Waals surface area contributed by atoms with E-state index in [2.05, 4.69) is 229 Å². The fraction of sp³-hybridized carbons (Fsp3) is 0.0169. The van der Waals surface area contributed by atoms with Crippen molar-refractivity contribution >= 4 is 60.7 Å². The van der Waals surface area contributed by atoms with Crippen LogP contribution in [0.15, 0.2) is 224 Å². The molecule has 13 rings (SSSR count). The van der Waals surface area contributed by atoms with E-state index < -0.39 is 5.41 Å². The molecule has 2 aliphatic rings. The highest BCUT2D eigenvalue weighted by molar-refractivity contribution is 7.18. The number of thiophene rings is 1. The Hall–Kier alpha value is -7.52. The average Bonchev–Trinajstić information content (AvgIpc) is 4.03. The molecule has 1 heterocycles. The lowest BCUT2D eigenvalue weighted by molar-refractivity contribution is 0.793. The second-order valence-corrected chi connectivity index (χ2v) is 17.4. The zero-order valence-corrected chi connectivity index (χ0v) is 34.0. The van der Waals surface area contributed by atoms with Crippen LogP contribution in [0.5, 0.6) is 0 Å². The third kappa shape index (κ3) is 4.88. The van der Waals surface area contributed by atoms with E-state index in [4.69, 9.17) is 0 Å². The second-order valence-electron chi connectivity index (χ2n) is 16.3. The SMILES string of the molecule is c1ccc(-c2ccc(-c3ccccc3N(c3ccc4c(c3)C3(c5ccccc5-c5ccccc53)c3ccccc3-4)c3ccc4c5ccccc5c5ccccc5c4c3)s2)cc1. The Labute approximate surface area is 359 Å². The van der Waals surface area contributed by atoms with E-state index in [0.29, 0.717) is 0 Å². The van der Waals surface area contributed by atoms with Gasteiger partial charge in [0.05, 0.1) is 11.1 Å². The lowest BCUT2D eigenvalue weighted by atomic mass is 9.70. The van der Waals surface area contributed by atoms with Crippen molar-refractivity contribution in [3.63, 3.8) is 0 Å². The van der Waals surface area contributed by atoms with E-state index in [0.717, 1.165) is 17.1 Å². The van der Waals surface area contributed by atoms with Crippen LogP contribution in [0.3, 0.4) is 0 Å². The molecule has 1 spiro atoms. The van der Waals surface area contributed by atoms with Gasteiger partial charge in [0.15, 0.2) is 0 Å². The first-order valence-electron chi connectivity index (χ1n) is 21.1. The van der Waals surface area contributed by atoms with Crippen molar-refractivity contribution < 1.29 is 0 Å². The molecule has 11 aromatic rings. The molecule has 2 aliphatic carbocycles. The van der Waals surface area contributed by atoms with Crippen molar-refractivity contribution in [3.8, 4) is 43.1 Å². The smallest absolute Gasteiger partial charge is 0.0726 e. The maximum absolute atomic E-state index is 2.52. The molecule has 0 fully saturated rings. The average molecular weight is 792 g/mol. The third-order valence-corrected chi connectivity index (χ3v) is 14.5. The van der Waals surface area contributed by atoms with Gasteiger partial charge in [-0.05, 0) is 125 Å². The Morgan fingerprint density at radius 1 is 0.295 bits per heavy atom. The number of anilines is 3. The van der Waals surface area contributed by atoms with Crippen LogP contribution >= 0.6 is 11.3 Å². The predicted molar refractivity (Wildman–Crippen MR) is 259 cm³/mol. The van der Waals surface area contributed by atoms with Gasteiger partial charge in [-0.25, -0.2) is 0 Å². The van der Waals surface area contributed by atoms with Crippen molar-refractivity contribution in [1.82, 2.24) is 0 Å². The quantitative estimate of drug-likeness (QED) is 0.157. The Bertz CT molecular complexity index is 3460. The zero-order chi connectivity index (χ0) is 40.1. The number of nitrogens with zero attached hydrogens (tertiary/aromatic N) is 1. The summed E-state index contributed by atoms with van der Waals surface area (Å²) >= 11 is 1.85. The van der Waals surface area contributed by atoms with Gasteiger partial charge < -0.3 is 4.90 Å². The molecule has 0 amide bonds. The highest BCUT2D eigenvalue weighted by Crippen LogP contribution is 2.63. The monoisotopic (exact) mass is 791 g/mol. The van der Waals surface area contributed by atoms with Gasteiger partial charge in [-0.15, -0.1) is 11.3 Å². The minimum Gasteiger partial charge on any atom is -0.310 e. The molecule has 0 aliphatic heterocycles. The van der Waals surface area contributed by atoms with E-state index in [1.807, 2.05) is 11.3 Å². The molecular formula is C59H37NS. The van der Waals surface area contributed by atoms with Crippen LogP contribution in [0.2, 0.25) is 0 Å². The van der Waals surface area contributed by atoms with E-state index in [-0.39, 0.29) is 0 Å². The van der Waals surface area contributed by atoms with Crippen LogP contribution in [0.1, 0.15) is 22.3 Å². The minimum absolute atomic E-state index is 0.447. The van der Waals surface area contributed by atoms with Gasteiger partial charge in [0.2, 0.25) is 0 Å². The zero-order valence-electron chi connectivity index (χ0n) is 33.2. The highest BCUT2D eigenvalue weighted by atomic mass is 32.1. The maximum atomic E-state index is 2.52. The standard InChI is InChI=1S/C59H37NS/c1-2-16-38(17-3-1)57-34-35-58(61-57)50-25-11-15-29-56(50)60(39-30-32-45-43-20-5-4-18-41(43)42-19-6-7-21-44(42)51(45)36-39)40-31-33-49-48-24-10-14-28-54(48)59(55(49)37-40)52-26-12-8-22-46(52)47-23-9-13-27-53(47)59/h1-37H. The summed E-state index contributed by atoms with van der Waals surface area (Å²) in [6, 6.07) is 83.6. The first-order chi connectivity index (χ1) is 30.3. The summed E-state index contributed by atoms with van der Waals surface area (Å²) in [5, 5.41) is 7.61. The first-order valence-corrected chi connectivity index (χ1v) is 21.9. The van der Waals surface area contributed by atoms with Crippen molar-refractivity contribution in [2.45, 2.75) is 5.41 Å². The Morgan fingerprint density at radius 3 is 1.36 bits per heavy atom. The normalized spacial score (nSPS) is 13.0. The van der Waals surface area contributed by atoms with Crippen LogP contribution in [0.25, 0.3) is 75.5 Å². The molecule has 284 valence electrons. The largest absolute Gasteiger partial charge is 0.310 e. The lowest BCUT2D eigenvalue weighted by Crippen LogP contribution is -2.26. The number of benzene rings is 10. The van der Waals surface area contributed by atoms with Crippen LogP contribution in [0, 0.1) is 0 Å². The Balaban J connectivity index is 1.09. The Morgan fingerprint density at radius 2 is 0.738 bits per heavy atom. The molecule has 0 atom stereocenters. The summed E-state index contributed by atoms with van der Waals surface area (Å²) in [6.45, 7) is 0. The fourth-order valence-electron chi connectivity index (χ4n) is 10.8. The second kappa shape index (κ2) is 13.2. The summed E-state index contributed by atoms with van der Waals surface area (Å²) in [6.07, 6.45) is 0. The molecule has 0 bridgehead atoms. The maximum Gasteiger partial charge on any atom is 0.0726 e. The van der Waals surface area contributed by atoms with Crippen molar-refractivity contribution in [2.24, 2.45) is 0 Å². The molecule has 0 unspecified atom stereocenters. The molecule has 0 radical (unpaired) electrons. The molecule has 10 aromatic carbocycles. The fourth-order valence-corrected chi connectivity index (χ4v) is 11.8. The minimum atomic E-state index is -0.447. The van der Waals surface area contributed by atoms with Gasteiger partial charge >= 0.3 is 0 Å². The molecule has 0 saturated carbocycles. The number of hydrogen-bond acceptors (Lipinski definition) is 2. The molecule has 0 N–H and O–H groups in total. The molecule has 1 nitrogen and oxygen atoms in total. The topological polar surface area (TPSA) is 3.24 Å². The van der Waals surface area contributed by atoms with Gasteiger partial charge in [-0.1, -0.05) is 182 Å². The highest BCUT2D eigenvalue weighted by Gasteiger charge is 2.51. The van der Waals surface area contributed by atoms with Gasteiger partial charge in [0.1, 0.15) is 0 Å².